The maximum Gasteiger partial charge on any atom is 0.323 e. The van der Waals surface area contributed by atoms with E-state index in [-0.39, 0.29) is 18.5 Å². The van der Waals surface area contributed by atoms with Gasteiger partial charge in [0.2, 0.25) is 5.91 Å². The molecule has 0 aliphatic heterocycles. The second-order valence-electron chi connectivity index (χ2n) is 6.27. The minimum atomic E-state index is -0.946. The highest BCUT2D eigenvalue weighted by atomic mass is 16.4. The van der Waals surface area contributed by atoms with Crippen LogP contribution in [0.1, 0.15) is 50.0 Å². The third-order valence-corrected chi connectivity index (χ3v) is 4.36. The van der Waals surface area contributed by atoms with Gasteiger partial charge in [-0.05, 0) is 37.3 Å². The summed E-state index contributed by atoms with van der Waals surface area (Å²) in [6.07, 6.45) is 3.88. The molecule has 0 saturated heterocycles. The van der Waals surface area contributed by atoms with Crippen molar-refractivity contribution in [2.75, 3.05) is 6.54 Å². The van der Waals surface area contributed by atoms with E-state index in [1.54, 1.807) is 0 Å². The minimum absolute atomic E-state index is 0.0855. The first-order chi connectivity index (χ1) is 10.0. The molecule has 2 aliphatic carbocycles. The number of hydrogen-bond donors (Lipinski definition) is 1. The SMILES string of the molecule is CC1CC1c1ccc(CCC(=O)N(CC(=O)O)C2CC2)o1. The normalized spacial score (nSPS) is 23.9. The zero-order chi connectivity index (χ0) is 15.0. The minimum Gasteiger partial charge on any atom is -0.480 e. The standard InChI is InChI=1S/C16H21NO4/c1-10-8-13(10)14-6-4-12(21-14)5-7-15(18)17(9-16(19)20)11-2-3-11/h4,6,10-11,13H,2-3,5,7-9H2,1H3,(H,19,20). The molecule has 3 rings (SSSR count). The van der Waals surface area contributed by atoms with Gasteiger partial charge in [0, 0.05) is 24.8 Å². The first kappa shape index (κ1) is 14.2. The number of nitrogens with zero attached hydrogens (tertiary/aromatic N) is 1. The van der Waals surface area contributed by atoms with Crippen molar-refractivity contribution in [3.05, 3.63) is 23.7 Å². The van der Waals surface area contributed by atoms with Crippen LogP contribution in [0.4, 0.5) is 0 Å². The highest BCUT2D eigenvalue weighted by Crippen LogP contribution is 2.47. The fraction of sp³-hybridized carbons (Fsp3) is 0.625. The van der Waals surface area contributed by atoms with Gasteiger partial charge >= 0.3 is 5.97 Å². The second kappa shape index (κ2) is 5.54. The molecule has 1 aromatic heterocycles. The van der Waals surface area contributed by atoms with Gasteiger partial charge < -0.3 is 14.4 Å². The molecule has 1 heterocycles. The summed E-state index contributed by atoms with van der Waals surface area (Å²) in [7, 11) is 0. The van der Waals surface area contributed by atoms with Crippen molar-refractivity contribution < 1.29 is 19.1 Å². The van der Waals surface area contributed by atoms with E-state index in [1.165, 1.54) is 11.3 Å². The van der Waals surface area contributed by atoms with Crippen LogP contribution in [-0.2, 0) is 16.0 Å². The quantitative estimate of drug-likeness (QED) is 0.837. The lowest BCUT2D eigenvalue weighted by Gasteiger charge is -2.19. The lowest BCUT2D eigenvalue weighted by atomic mass is 10.2. The first-order valence-corrected chi connectivity index (χ1v) is 7.64. The van der Waals surface area contributed by atoms with Crippen molar-refractivity contribution in [3.8, 4) is 0 Å². The monoisotopic (exact) mass is 291 g/mol. The highest BCUT2D eigenvalue weighted by Gasteiger charge is 2.37. The molecule has 0 spiro atoms. The van der Waals surface area contributed by atoms with Crippen molar-refractivity contribution in [3.63, 3.8) is 0 Å². The van der Waals surface area contributed by atoms with Crippen LogP contribution in [0.5, 0.6) is 0 Å². The zero-order valence-electron chi connectivity index (χ0n) is 12.2. The molecule has 2 saturated carbocycles. The molecule has 5 heteroatoms. The number of rotatable bonds is 7. The number of amides is 1. The number of aryl methyl sites for hydroxylation is 1. The number of furan rings is 1. The first-order valence-electron chi connectivity index (χ1n) is 7.64. The van der Waals surface area contributed by atoms with E-state index in [2.05, 4.69) is 6.92 Å². The molecule has 1 N–H and O–H groups in total. The summed E-state index contributed by atoms with van der Waals surface area (Å²) >= 11 is 0. The summed E-state index contributed by atoms with van der Waals surface area (Å²) in [6, 6.07) is 4.07. The van der Waals surface area contributed by atoms with Gasteiger partial charge in [-0.1, -0.05) is 6.92 Å². The molecule has 2 aliphatic rings. The van der Waals surface area contributed by atoms with E-state index in [4.69, 9.17) is 9.52 Å². The molecule has 0 aromatic carbocycles. The van der Waals surface area contributed by atoms with Crippen LogP contribution >= 0.6 is 0 Å². The number of aliphatic carboxylic acids is 1. The largest absolute Gasteiger partial charge is 0.480 e. The predicted octanol–water partition coefficient (Wildman–Crippen LogP) is 2.41. The molecule has 21 heavy (non-hydrogen) atoms. The fourth-order valence-corrected chi connectivity index (χ4v) is 2.77. The van der Waals surface area contributed by atoms with Crippen LogP contribution in [0.15, 0.2) is 16.5 Å². The topological polar surface area (TPSA) is 70.8 Å². The van der Waals surface area contributed by atoms with Gasteiger partial charge in [-0.3, -0.25) is 9.59 Å². The predicted molar refractivity (Wildman–Crippen MR) is 75.9 cm³/mol. The molecule has 0 radical (unpaired) electrons. The molecule has 0 bridgehead atoms. The van der Waals surface area contributed by atoms with Crippen LogP contribution in [0.2, 0.25) is 0 Å². The summed E-state index contributed by atoms with van der Waals surface area (Å²) in [5, 5.41) is 8.88. The van der Waals surface area contributed by atoms with E-state index in [9.17, 15) is 9.59 Å². The average Bonchev–Trinajstić information content (AvgIpc) is 3.34. The Bertz CT molecular complexity index is 546. The number of carbonyl (C=O) groups is 2. The Balaban J connectivity index is 1.52. The molecular weight excluding hydrogens is 270 g/mol. The van der Waals surface area contributed by atoms with E-state index >= 15 is 0 Å². The van der Waals surface area contributed by atoms with Gasteiger partial charge in [0.25, 0.3) is 0 Å². The smallest absolute Gasteiger partial charge is 0.323 e. The lowest BCUT2D eigenvalue weighted by Crippen LogP contribution is -2.37. The van der Waals surface area contributed by atoms with Crippen molar-refractivity contribution in [1.82, 2.24) is 4.90 Å². The van der Waals surface area contributed by atoms with Crippen LogP contribution in [0.25, 0.3) is 0 Å². The number of hydrogen-bond acceptors (Lipinski definition) is 3. The third kappa shape index (κ3) is 3.46. The Morgan fingerprint density at radius 2 is 2.10 bits per heavy atom. The summed E-state index contributed by atoms with van der Waals surface area (Å²) in [4.78, 5) is 24.5. The maximum atomic E-state index is 12.2. The molecule has 2 atom stereocenters. The van der Waals surface area contributed by atoms with Crippen molar-refractivity contribution in [2.45, 2.75) is 51.0 Å². The zero-order valence-corrected chi connectivity index (χ0v) is 12.2. The molecule has 1 amide bonds. The lowest BCUT2D eigenvalue weighted by molar-refractivity contribution is -0.144. The Kier molecular flexibility index (Phi) is 3.74. The maximum absolute atomic E-state index is 12.2. The van der Waals surface area contributed by atoms with Gasteiger partial charge in [0.15, 0.2) is 0 Å². The molecule has 114 valence electrons. The molecule has 1 aromatic rings. The fourth-order valence-electron chi connectivity index (χ4n) is 2.77. The van der Waals surface area contributed by atoms with Crippen LogP contribution < -0.4 is 0 Å². The van der Waals surface area contributed by atoms with Gasteiger partial charge in [-0.25, -0.2) is 0 Å². The van der Waals surface area contributed by atoms with Gasteiger partial charge in [-0.15, -0.1) is 0 Å². The Labute approximate surface area is 123 Å². The molecule has 2 unspecified atom stereocenters. The Morgan fingerprint density at radius 1 is 1.38 bits per heavy atom. The summed E-state index contributed by atoms with van der Waals surface area (Å²) < 4.78 is 5.78. The highest BCUT2D eigenvalue weighted by molar-refractivity contribution is 5.82. The van der Waals surface area contributed by atoms with Gasteiger partial charge in [0.05, 0.1) is 0 Å². The summed E-state index contributed by atoms with van der Waals surface area (Å²) in [6.45, 7) is 2.02. The Hall–Kier alpha value is -1.78. The van der Waals surface area contributed by atoms with Crippen LogP contribution in [0, 0.1) is 5.92 Å². The van der Waals surface area contributed by atoms with Crippen LogP contribution in [0.3, 0.4) is 0 Å². The van der Waals surface area contributed by atoms with E-state index in [0.717, 1.165) is 24.4 Å². The van der Waals surface area contributed by atoms with Gasteiger partial charge in [-0.2, -0.15) is 0 Å². The molecular formula is C16H21NO4. The molecule has 5 nitrogen and oxygen atoms in total. The van der Waals surface area contributed by atoms with Crippen molar-refractivity contribution >= 4 is 11.9 Å². The number of carboxylic acid groups (broad SMARTS) is 1. The van der Waals surface area contributed by atoms with Crippen molar-refractivity contribution in [2.24, 2.45) is 5.92 Å². The Morgan fingerprint density at radius 3 is 2.67 bits per heavy atom. The number of carboxylic acids is 1. The van der Waals surface area contributed by atoms with Crippen LogP contribution in [-0.4, -0.2) is 34.5 Å². The average molecular weight is 291 g/mol. The van der Waals surface area contributed by atoms with Crippen molar-refractivity contribution in [1.29, 1.82) is 0 Å². The second-order valence-corrected chi connectivity index (χ2v) is 6.27. The number of carbonyl (C=O) groups excluding carboxylic acids is 1. The van der Waals surface area contributed by atoms with E-state index in [1.807, 2.05) is 12.1 Å². The summed E-state index contributed by atoms with van der Waals surface area (Å²) in [5.41, 5.74) is 0. The van der Waals surface area contributed by atoms with E-state index in [0.29, 0.717) is 24.7 Å². The van der Waals surface area contributed by atoms with E-state index < -0.39 is 5.97 Å². The molecule has 2 fully saturated rings. The third-order valence-electron chi connectivity index (χ3n) is 4.36. The van der Waals surface area contributed by atoms with Gasteiger partial charge in [0.1, 0.15) is 18.1 Å². The summed E-state index contributed by atoms with van der Waals surface area (Å²) in [5.74, 6) is 2.06.